The van der Waals surface area contributed by atoms with Gasteiger partial charge in [0.1, 0.15) is 10.6 Å². The third-order valence-electron chi connectivity index (χ3n) is 2.48. The minimum atomic E-state index is -0.211. The van der Waals surface area contributed by atoms with Gasteiger partial charge in [-0.25, -0.2) is 0 Å². The van der Waals surface area contributed by atoms with Gasteiger partial charge < -0.3 is 21.1 Å². The summed E-state index contributed by atoms with van der Waals surface area (Å²) in [5, 5.41) is 6.48. The fourth-order valence-corrected chi connectivity index (χ4v) is 2.25. The Morgan fingerprint density at radius 1 is 1.47 bits per heavy atom. The molecule has 0 saturated heterocycles. The molecule has 1 rings (SSSR count). The molecule has 0 spiro atoms. The Bertz CT molecular complexity index is 406. The molecule has 6 nitrogen and oxygen atoms in total. The van der Waals surface area contributed by atoms with E-state index in [4.69, 9.17) is 10.5 Å². The van der Waals surface area contributed by atoms with Crippen LogP contribution in [0.5, 0.6) is 0 Å². The molecule has 7 heteroatoms. The summed E-state index contributed by atoms with van der Waals surface area (Å²) >= 11 is 1.21. The molecule has 0 radical (unpaired) electrons. The highest BCUT2D eigenvalue weighted by Crippen LogP contribution is 2.26. The van der Waals surface area contributed by atoms with Crippen LogP contribution in [0.25, 0.3) is 0 Å². The molecule has 108 valence electrons. The summed E-state index contributed by atoms with van der Waals surface area (Å²) in [6.45, 7) is 5.57. The molecule has 0 saturated carbocycles. The Hall–Kier alpha value is -1.34. The van der Waals surface area contributed by atoms with Crippen molar-refractivity contribution < 1.29 is 9.53 Å². The molecule has 0 aromatic carbocycles. The number of carbonyl (C=O) groups excluding carboxylic acids is 1. The lowest BCUT2D eigenvalue weighted by molar-refractivity contribution is 0.0765. The van der Waals surface area contributed by atoms with Crippen LogP contribution >= 0.6 is 11.5 Å². The lowest BCUT2D eigenvalue weighted by Gasteiger charge is -2.08. The average Bonchev–Trinajstić information content (AvgIpc) is 2.73. The third-order valence-corrected chi connectivity index (χ3v) is 3.30. The van der Waals surface area contributed by atoms with E-state index in [0.717, 1.165) is 31.0 Å². The maximum Gasteiger partial charge on any atom is 0.257 e. The van der Waals surface area contributed by atoms with Crippen LogP contribution in [0.2, 0.25) is 0 Å². The average molecular weight is 286 g/mol. The summed E-state index contributed by atoms with van der Waals surface area (Å²) in [6, 6.07) is 0. The number of nitrogen functional groups attached to an aromatic ring is 1. The van der Waals surface area contributed by atoms with E-state index in [9.17, 15) is 4.79 Å². The largest absolute Gasteiger partial charge is 0.382 e. The predicted molar refractivity (Wildman–Crippen MR) is 78.7 cm³/mol. The van der Waals surface area contributed by atoms with Gasteiger partial charge in [-0.05, 0) is 38.2 Å². The summed E-state index contributed by atoms with van der Waals surface area (Å²) in [4.78, 5) is 11.6. The maximum absolute atomic E-state index is 11.6. The molecular formula is C12H22N4O2S. The highest BCUT2D eigenvalue weighted by Gasteiger charge is 2.17. The molecule has 0 aliphatic heterocycles. The molecule has 0 atom stereocenters. The fourth-order valence-electron chi connectivity index (χ4n) is 1.52. The van der Waals surface area contributed by atoms with Crippen molar-refractivity contribution >= 4 is 28.3 Å². The number of unbranched alkanes of at least 4 members (excludes halogenated alkanes) is 1. The minimum Gasteiger partial charge on any atom is -0.382 e. The highest BCUT2D eigenvalue weighted by molar-refractivity contribution is 7.11. The number of anilines is 2. The van der Waals surface area contributed by atoms with Crippen molar-refractivity contribution in [2.75, 3.05) is 31.2 Å². The number of hydrogen-bond acceptors (Lipinski definition) is 6. The Morgan fingerprint density at radius 3 is 2.84 bits per heavy atom. The second-order valence-electron chi connectivity index (χ2n) is 4.40. The Morgan fingerprint density at radius 2 is 2.21 bits per heavy atom. The summed E-state index contributed by atoms with van der Waals surface area (Å²) < 4.78 is 9.45. The van der Waals surface area contributed by atoms with Crippen molar-refractivity contribution in [1.82, 2.24) is 9.69 Å². The van der Waals surface area contributed by atoms with Gasteiger partial charge in [0.2, 0.25) is 0 Å². The molecule has 1 aromatic heterocycles. The first-order chi connectivity index (χ1) is 9.06. The quantitative estimate of drug-likeness (QED) is 0.633. The van der Waals surface area contributed by atoms with Crippen molar-refractivity contribution in [3.8, 4) is 0 Å². The third kappa shape index (κ3) is 5.04. The number of amides is 1. The Labute approximate surface area is 117 Å². The fraction of sp³-hybridized carbons (Fsp3) is 0.667. The first-order valence-electron chi connectivity index (χ1n) is 6.39. The second kappa shape index (κ2) is 7.96. The van der Waals surface area contributed by atoms with E-state index in [1.807, 2.05) is 13.8 Å². The first-order valence-corrected chi connectivity index (χ1v) is 7.16. The van der Waals surface area contributed by atoms with E-state index in [1.54, 1.807) is 7.05 Å². The van der Waals surface area contributed by atoms with Crippen LogP contribution in [0.15, 0.2) is 0 Å². The van der Waals surface area contributed by atoms with Crippen LogP contribution in [-0.4, -0.2) is 36.6 Å². The van der Waals surface area contributed by atoms with Crippen LogP contribution < -0.4 is 16.4 Å². The van der Waals surface area contributed by atoms with Crippen LogP contribution in [0.3, 0.4) is 0 Å². The highest BCUT2D eigenvalue weighted by atomic mass is 32.1. The molecular weight excluding hydrogens is 264 g/mol. The summed E-state index contributed by atoms with van der Waals surface area (Å²) in [5.74, 6) is 0.0619. The minimum absolute atomic E-state index is 0.211. The number of ether oxygens (including phenoxy) is 1. The van der Waals surface area contributed by atoms with E-state index < -0.39 is 0 Å². The van der Waals surface area contributed by atoms with Gasteiger partial charge in [0.25, 0.3) is 5.91 Å². The molecule has 19 heavy (non-hydrogen) atoms. The van der Waals surface area contributed by atoms with Gasteiger partial charge in [0.05, 0.1) is 6.10 Å². The number of aromatic nitrogens is 1. The van der Waals surface area contributed by atoms with Crippen molar-refractivity contribution in [2.45, 2.75) is 32.8 Å². The molecule has 0 unspecified atom stereocenters. The number of hydrogen-bond donors (Lipinski definition) is 3. The van der Waals surface area contributed by atoms with Gasteiger partial charge in [-0.1, -0.05) is 0 Å². The standard InChI is InChI=1S/C12H22N4O2S/c1-8(2)18-7-5-4-6-15-12-9(11(17)14-3)10(13)16-19-12/h8,15H,4-7H2,1-3H3,(H2,13,16)(H,14,17). The zero-order valence-corrected chi connectivity index (χ0v) is 12.5. The van der Waals surface area contributed by atoms with E-state index in [0.29, 0.717) is 5.56 Å². The van der Waals surface area contributed by atoms with Gasteiger partial charge >= 0.3 is 0 Å². The van der Waals surface area contributed by atoms with Crippen LogP contribution in [-0.2, 0) is 4.74 Å². The van der Waals surface area contributed by atoms with Gasteiger partial charge in [-0.15, -0.1) is 0 Å². The number of carbonyl (C=O) groups is 1. The zero-order chi connectivity index (χ0) is 14.3. The monoisotopic (exact) mass is 286 g/mol. The number of rotatable bonds is 8. The van der Waals surface area contributed by atoms with Crippen molar-refractivity contribution in [2.24, 2.45) is 0 Å². The van der Waals surface area contributed by atoms with E-state index >= 15 is 0 Å². The first kappa shape index (κ1) is 15.7. The zero-order valence-electron chi connectivity index (χ0n) is 11.7. The molecule has 0 aliphatic rings. The van der Waals surface area contributed by atoms with Crippen LogP contribution in [0.1, 0.15) is 37.0 Å². The molecule has 0 fully saturated rings. The lowest BCUT2D eigenvalue weighted by Crippen LogP contribution is -2.20. The normalized spacial score (nSPS) is 10.7. The Balaban J connectivity index is 2.35. The molecule has 0 bridgehead atoms. The topological polar surface area (TPSA) is 89.3 Å². The van der Waals surface area contributed by atoms with Gasteiger partial charge in [0.15, 0.2) is 5.82 Å². The molecule has 1 amide bonds. The van der Waals surface area contributed by atoms with Crippen molar-refractivity contribution in [3.63, 3.8) is 0 Å². The SMILES string of the molecule is CNC(=O)c1c(N)nsc1NCCCCOC(C)C. The van der Waals surface area contributed by atoms with Crippen LogP contribution in [0, 0.1) is 0 Å². The van der Waals surface area contributed by atoms with Gasteiger partial charge in [0, 0.05) is 20.2 Å². The van der Waals surface area contributed by atoms with E-state index in [2.05, 4.69) is 15.0 Å². The number of nitrogens with two attached hydrogens (primary N) is 1. The van der Waals surface area contributed by atoms with Gasteiger partial charge in [-0.3, -0.25) is 4.79 Å². The van der Waals surface area contributed by atoms with Crippen molar-refractivity contribution in [3.05, 3.63) is 5.56 Å². The van der Waals surface area contributed by atoms with Gasteiger partial charge in [-0.2, -0.15) is 4.37 Å². The van der Waals surface area contributed by atoms with E-state index in [-0.39, 0.29) is 17.8 Å². The summed E-state index contributed by atoms with van der Waals surface area (Å²) in [6.07, 6.45) is 2.22. The smallest absolute Gasteiger partial charge is 0.257 e. The Kier molecular flexibility index (Phi) is 6.58. The lowest BCUT2D eigenvalue weighted by atomic mass is 10.2. The molecule has 1 aromatic rings. The summed E-state index contributed by atoms with van der Waals surface area (Å²) in [7, 11) is 1.58. The maximum atomic E-state index is 11.6. The van der Waals surface area contributed by atoms with E-state index in [1.165, 1.54) is 11.5 Å². The predicted octanol–water partition coefficient (Wildman–Crippen LogP) is 1.70. The summed E-state index contributed by atoms with van der Waals surface area (Å²) in [5.41, 5.74) is 6.12. The van der Waals surface area contributed by atoms with Crippen LogP contribution in [0.4, 0.5) is 10.8 Å². The number of nitrogens with one attached hydrogen (secondary N) is 2. The molecule has 0 aliphatic carbocycles. The number of nitrogens with zero attached hydrogens (tertiary/aromatic N) is 1. The van der Waals surface area contributed by atoms with Crippen molar-refractivity contribution in [1.29, 1.82) is 0 Å². The second-order valence-corrected chi connectivity index (χ2v) is 5.18. The molecule has 4 N–H and O–H groups in total. The molecule has 1 heterocycles.